The van der Waals surface area contributed by atoms with Crippen LogP contribution in [-0.4, -0.2) is 50.3 Å². The summed E-state index contributed by atoms with van der Waals surface area (Å²) < 4.78 is 5.29. The number of hydrogen-bond acceptors (Lipinski definition) is 3. The Balaban J connectivity index is 1.98. The van der Waals surface area contributed by atoms with Crippen LogP contribution in [-0.2, 0) is 4.74 Å². The van der Waals surface area contributed by atoms with Gasteiger partial charge in [0.05, 0.1) is 13.2 Å². The normalized spacial score (nSPS) is 21.7. The van der Waals surface area contributed by atoms with E-state index in [-0.39, 0.29) is 0 Å². The van der Waals surface area contributed by atoms with Crippen molar-refractivity contribution < 1.29 is 4.74 Å². The van der Waals surface area contributed by atoms with Crippen LogP contribution in [0.2, 0.25) is 0 Å². The number of rotatable bonds is 5. The second-order valence-corrected chi connectivity index (χ2v) is 3.72. The van der Waals surface area contributed by atoms with Gasteiger partial charge in [-0.15, -0.1) is 0 Å². The fraction of sp³-hybridized carbons (Fsp3) is 1.00. The van der Waals surface area contributed by atoms with Crippen molar-refractivity contribution in [3.8, 4) is 0 Å². The summed E-state index contributed by atoms with van der Waals surface area (Å²) in [5, 5.41) is 3.50. The summed E-state index contributed by atoms with van der Waals surface area (Å²) in [4.78, 5) is 2.46. The monoisotopic (exact) mass is 186 g/mol. The Labute approximate surface area is 81.4 Å². The first-order valence-electron chi connectivity index (χ1n) is 5.36. The van der Waals surface area contributed by atoms with Crippen molar-refractivity contribution in [2.75, 3.05) is 39.4 Å². The Morgan fingerprint density at radius 3 is 2.69 bits per heavy atom. The van der Waals surface area contributed by atoms with Crippen molar-refractivity contribution in [2.24, 2.45) is 0 Å². The van der Waals surface area contributed by atoms with E-state index >= 15 is 0 Å². The van der Waals surface area contributed by atoms with Crippen molar-refractivity contribution in [3.63, 3.8) is 0 Å². The number of nitrogens with zero attached hydrogens (tertiary/aromatic N) is 1. The zero-order valence-electron chi connectivity index (χ0n) is 8.88. The molecule has 0 radical (unpaired) electrons. The smallest absolute Gasteiger partial charge is 0.0594 e. The number of ether oxygens (including phenoxy) is 1. The molecule has 0 spiro atoms. The maximum atomic E-state index is 5.29. The zero-order valence-corrected chi connectivity index (χ0v) is 8.88. The van der Waals surface area contributed by atoms with Crippen LogP contribution in [0.25, 0.3) is 0 Å². The van der Waals surface area contributed by atoms with Gasteiger partial charge in [-0.25, -0.2) is 0 Å². The van der Waals surface area contributed by atoms with Gasteiger partial charge in [-0.1, -0.05) is 6.92 Å². The molecule has 1 saturated heterocycles. The summed E-state index contributed by atoms with van der Waals surface area (Å²) in [6.07, 6.45) is 1.21. The van der Waals surface area contributed by atoms with E-state index in [1.807, 2.05) is 0 Å². The third-order valence-electron chi connectivity index (χ3n) is 2.64. The van der Waals surface area contributed by atoms with Gasteiger partial charge < -0.3 is 10.1 Å². The highest BCUT2D eigenvalue weighted by atomic mass is 16.5. The van der Waals surface area contributed by atoms with Crippen molar-refractivity contribution in [3.05, 3.63) is 0 Å². The van der Waals surface area contributed by atoms with Gasteiger partial charge in [0.1, 0.15) is 0 Å². The van der Waals surface area contributed by atoms with Crippen LogP contribution in [0.5, 0.6) is 0 Å². The average molecular weight is 186 g/mol. The van der Waals surface area contributed by atoms with E-state index in [0.29, 0.717) is 6.04 Å². The highest BCUT2D eigenvalue weighted by Crippen LogP contribution is 1.95. The van der Waals surface area contributed by atoms with Crippen LogP contribution >= 0.6 is 0 Å². The summed E-state index contributed by atoms with van der Waals surface area (Å²) in [6.45, 7) is 10.7. The molecule has 0 aromatic rings. The van der Waals surface area contributed by atoms with Crippen molar-refractivity contribution in [1.82, 2.24) is 10.2 Å². The first kappa shape index (κ1) is 11.0. The van der Waals surface area contributed by atoms with Crippen LogP contribution in [0.1, 0.15) is 20.3 Å². The van der Waals surface area contributed by atoms with E-state index in [1.54, 1.807) is 0 Å². The molecular weight excluding hydrogens is 164 g/mol. The topological polar surface area (TPSA) is 24.5 Å². The minimum absolute atomic E-state index is 0.654. The Morgan fingerprint density at radius 2 is 2.08 bits per heavy atom. The Kier molecular flexibility index (Phi) is 5.35. The predicted octanol–water partition coefficient (Wildman–Crippen LogP) is 0.707. The first-order chi connectivity index (χ1) is 6.33. The van der Waals surface area contributed by atoms with Gasteiger partial charge in [-0.05, 0) is 13.3 Å². The third-order valence-corrected chi connectivity index (χ3v) is 2.64. The lowest BCUT2D eigenvalue weighted by atomic mass is 10.2. The van der Waals surface area contributed by atoms with Gasteiger partial charge in [0.2, 0.25) is 0 Å². The fourth-order valence-electron chi connectivity index (χ4n) is 1.44. The molecule has 1 aliphatic rings. The van der Waals surface area contributed by atoms with Crippen molar-refractivity contribution in [2.45, 2.75) is 26.3 Å². The van der Waals surface area contributed by atoms with E-state index in [2.05, 4.69) is 24.1 Å². The van der Waals surface area contributed by atoms with E-state index in [4.69, 9.17) is 4.74 Å². The quantitative estimate of drug-likeness (QED) is 0.684. The van der Waals surface area contributed by atoms with Crippen LogP contribution in [0.4, 0.5) is 0 Å². The van der Waals surface area contributed by atoms with Gasteiger partial charge in [0.15, 0.2) is 0 Å². The lowest BCUT2D eigenvalue weighted by Gasteiger charge is -2.27. The van der Waals surface area contributed by atoms with Crippen LogP contribution in [0.3, 0.4) is 0 Å². The maximum absolute atomic E-state index is 5.29. The summed E-state index contributed by atoms with van der Waals surface area (Å²) >= 11 is 0. The molecule has 1 rings (SSSR count). The maximum Gasteiger partial charge on any atom is 0.0594 e. The summed E-state index contributed by atoms with van der Waals surface area (Å²) in [5.41, 5.74) is 0. The lowest BCUT2D eigenvalue weighted by Crippen LogP contribution is -2.41. The molecule has 1 N–H and O–H groups in total. The van der Waals surface area contributed by atoms with Crippen LogP contribution < -0.4 is 5.32 Å². The first-order valence-corrected chi connectivity index (χ1v) is 5.36. The SMILES string of the molecule is CCC(C)NCCN1CCOCC1. The van der Waals surface area contributed by atoms with Crippen LogP contribution in [0.15, 0.2) is 0 Å². The standard InChI is InChI=1S/C10H22N2O/c1-3-10(2)11-4-5-12-6-8-13-9-7-12/h10-11H,3-9H2,1-2H3. The number of hydrogen-bond donors (Lipinski definition) is 1. The molecular formula is C10H22N2O. The van der Waals surface area contributed by atoms with Gasteiger partial charge >= 0.3 is 0 Å². The van der Waals surface area contributed by atoms with Crippen LogP contribution in [0, 0.1) is 0 Å². The minimum Gasteiger partial charge on any atom is -0.379 e. The molecule has 0 aliphatic carbocycles. The predicted molar refractivity (Wildman–Crippen MR) is 55.0 cm³/mol. The minimum atomic E-state index is 0.654. The number of morpholine rings is 1. The lowest BCUT2D eigenvalue weighted by molar-refractivity contribution is 0.0382. The highest BCUT2D eigenvalue weighted by Gasteiger charge is 2.09. The Hall–Kier alpha value is -0.120. The van der Waals surface area contributed by atoms with Crippen molar-refractivity contribution >= 4 is 0 Å². The van der Waals surface area contributed by atoms with E-state index in [1.165, 1.54) is 6.42 Å². The molecule has 3 heteroatoms. The van der Waals surface area contributed by atoms with Gasteiger partial charge in [0.25, 0.3) is 0 Å². The van der Waals surface area contributed by atoms with E-state index in [9.17, 15) is 0 Å². The van der Waals surface area contributed by atoms with E-state index in [0.717, 1.165) is 39.4 Å². The molecule has 0 amide bonds. The molecule has 0 saturated carbocycles. The third kappa shape index (κ3) is 4.60. The Bertz CT molecular complexity index is 124. The molecule has 0 aromatic carbocycles. The molecule has 0 bridgehead atoms. The summed E-state index contributed by atoms with van der Waals surface area (Å²) in [6, 6.07) is 0.654. The highest BCUT2D eigenvalue weighted by molar-refractivity contribution is 4.65. The largest absolute Gasteiger partial charge is 0.379 e. The molecule has 1 unspecified atom stereocenters. The average Bonchev–Trinajstić information content (AvgIpc) is 2.19. The summed E-state index contributed by atoms with van der Waals surface area (Å²) in [7, 11) is 0. The fourth-order valence-corrected chi connectivity index (χ4v) is 1.44. The van der Waals surface area contributed by atoms with Gasteiger partial charge in [0, 0.05) is 32.2 Å². The zero-order chi connectivity index (χ0) is 9.52. The number of nitrogens with one attached hydrogen (secondary N) is 1. The molecule has 78 valence electrons. The second-order valence-electron chi connectivity index (χ2n) is 3.72. The van der Waals surface area contributed by atoms with Crippen molar-refractivity contribution in [1.29, 1.82) is 0 Å². The molecule has 0 aromatic heterocycles. The van der Waals surface area contributed by atoms with Gasteiger partial charge in [-0.2, -0.15) is 0 Å². The molecule has 1 fully saturated rings. The molecule has 1 heterocycles. The molecule has 1 atom stereocenters. The molecule has 1 aliphatic heterocycles. The van der Waals surface area contributed by atoms with Gasteiger partial charge in [-0.3, -0.25) is 4.90 Å². The Morgan fingerprint density at radius 1 is 1.38 bits per heavy atom. The molecule has 3 nitrogen and oxygen atoms in total. The molecule has 13 heavy (non-hydrogen) atoms. The second kappa shape index (κ2) is 6.35. The van der Waals surface area contributed by atoms with E-state index < -0.39 is 0 Å². The summed E-state index contributed by atoms with van der Waals surface area (Å²) in [5.74, 6) is 0.